The molecule has 84 valence electrons. The van der Waals surface area contributed by atoms with E-state index in [-0.39, 0.29) is 11.9 Å². The summed E-state index contributed by atoms with van der Waals surface area (Å²) < 4.78 is 1.62. The van der Waals surface area contributed by atoms with Gasteiger partial charge in [0.05, 0.1) is 0 Å². The maximum absolute atomic E-state index is 10.7. The molecular weight excluding hydrogens is 196 g/mol. The van der Waals surface area contributed by atoms with Crippen LogP contribution in [0.3, 0.4) is 0 Å². The number of aromatic nitrogens is 2. The molecule has 15 heavy (non-hydrogen) atoms. The fraction of sp³-hybridized carbons (Fsp3) is 0.667. The van der Waals surface area contributed by atoms with E-state index in [1.807, 2.05) is 6.92 Å². The molecule has 0 aromatic carbocycles. The summed E-state index contributed by atoms with van der Waals surface area (Å²) in [6.07, 6.45) is 1.44. The Bertz CT molecular complexity index is 359. The smallest absolute Gasteiger partial charge is 0.362 e. The zero-order chi connectivity index (χ0) is 11.6. The molecule has 1 rings (SSSR count). The van der Waals surface area contributed by atoms with Crippen molar-refractivity contribution in [3.63, 3.8) is 0 Å². The van der Waals surface area contributed by atoms with Crippen molar-refractivity contribution in [1.82, 2.24) is 9.55 Å². The molecule has 1 N–H and O–H groups in total. The Morgan fingerprint density at radius 1 is 1.53 bits per heavy atom. The van der Waals surface area contributed by atoms with Crippen LogP contribution in [0.1, 0.15) is 20.8 Å². The van der Waals surface area contributed by atoms with Crippen LogP contribution in [0.4, 0.5) is 11.6 Å². The average Bonchev–Trinajstić information content (AvgIpc) is 2.48. The minimum atomic E-state index is -0.477. The van der Waals surface area contributed by atoms with Crippen LogP contribution in [0.5, 0.6) is 0 Å². The van der Waals surface area contributed by atoms with Gasteiger partial charge in [-0.3, -0.25) is 4.57 Å². The molecule has 1 aromatic rings. The summed E-state index contributed by atoms with van der Waals surface area (Å²) in [7, 11) is 1.73. The lowest BCUT2D eigenvalue weighted by Crippen LogP contribution is -2.23. The monoisotopic (exact) mass is 212 g/mol. The number of nitrogens with zero attached hydrogens (tertiary/aromatic N) is 3. The molecule has 0 aliphatic carbocycles. The van der Waals surface area contributed by atoms with E-state index < -0.39 is 4.92 Å². The second-order valence-corrected chi connectivity index (χ2v) is 3.96. The molecule has 1 unspecified atom stereocenters. The molecule has 1 aromatic heterocycles. The lowest BCUT2D eigenvalue weighted by Gasteiger charge is -2.17. The Balaban J connectivity index is 2.92. The summed E-state index contributed by atoms with van der Waals surface area (Å²) in [5.74, 6) is 0.741. The highest BCUT2D eigenvalue weighted by Crippen LogP contribution is 2.22. The second-order valence-electron chi connectivity index (χ2n) is 3.96. The third-order valence-corrected chi connectivity index (χ3v) is 2.46. The van der Waals surface area contributed by atoms with Crippen LogP contribution in [0.2, 0.25) is 0 Å². The van der Waals surface area contributed by atoms with Gasteiger partial charge in [-0.1, -0.05) is 13.8 Å². The molecular formula is C9H16N4O2. The van der Waals surface area contributed by atoms with Crippen LogP contribution in [-0.4, -0.2) is 20.5 Å². The summed E-state index contributed by atoms with van der Waals surface area (Å²) >= 11 is 0. The number of imidazole rings is 1. The fourth-order valence-electron chi connectivity index (χ4n) is 1.10. The Labute approximate surface area is 88.5 Å². The third kappa shape index (κ3) is 2.45. The van der Waals surface area contributed by atoms with Gasteiger partial charge in [0, 0.05) is 13.1 Å². The first kappa shape index (κ1) is 11.5. The first-order valence-corrected chi connectivity index (χ1v) is 4.85. The number of rotatable bonds is 4. The molecule has 1 atom stereocenters. The van der Waals surface area contributed by atoms with E-state index in [1.54, 1.807) is 11.6 Å². The van der Waals surface area contributed by atoms with Crippen molar-refractivity contribution in [2.45, 2.75) is 26.8 Å². The van der Waals surface area contributed by atoms with Crippen LogP contribution in [0.15, 0.2) is 6.33 Å². The van der Waals surface area contributed by atoms with E-state index in [2.05, 4.69) is 24.1 Å². The lowest BCUT2D eigenvalue weighted by molar-refractivity contribution is -0.388. The maximum atomic E-state index is 10.7. The van der Waals surface area contributed by atoms with E-state index in [0.29, 0.717) is 11.7 Å². The van der Waals surface area contributed by atoms with E-state index in [4.69, 9.17) is 0 Å². The number of anilines is 1. The Hall–Kier alpha value is -1.59. The lowest BCUT2D eigenvalue weighted by atomic mass is 10.1. The highest BCUT2D eigenvalue weighted by Gasteiger charge is 2.21. The van der Waals surface area contributed by atoms with Gasteiger partial charge in [-0.2, -0.15) is 0 Å². The minimum absolute atomic E-state index is 0.120. The van der Waals surface area contributed by atoms with Crippen LogP contribution < -0.4 is 5.32 Å². The molecule has 1 heterocycles. The van der Waals surface area contributed by atoms with Crippen LogP contribution in [-0.2, 0) is 7.05 Å². The number of hydrogen-bond donors (Lipinski definition) is 1. The van der Waals surface area contributed by atoms with Crippen molar-refractivity contribution in [3.05, 3.63) is 16.4 Å². The summed E-state index contributed by atoms with van der Waals surface area (Å²) in [5.41, 5.74) is 0. The third-order valence-electron chi connectivity index (χ3n) is 2.46. The molecule has 0 aliphatic rings. The van der Waals surface area contributed by atoms with E-state index in [1.165, 1.54) is 6.33 Å². The van der Waals surface area contributed by atoms with Gasteiger partial charge >= 0.3 is 5.82 Å². The van der Waals surface area contributed by atoms with Crippen molar-refractivity contribution in [2.75, 3.05) is 5.32 Å². The number of aryl methyl sites for hydroxylation is 1. The normalized spacial score (nSPS) is 12.9. The molecule has 0 fully saturated rings. The van der Waals surface area contributed by atoms with Gasteiger partial charge < -0.3 is 15.4 Å². The summed E-state index contributed by atoms with van der Waals surface area (Å²) in [4.78, 5) is 13.9. The Kier molecular flexibility index (Phi) is 3.28. The Morgan fingerprint density at radius 3 is 2.60 bits per heavy atom. The topological polar surface area (TPSA) is 73.0 Å². The van der Waals surface area contributed by atoms with E-state index >= 15 is 0 Å². The molecule has 0 bridgehead atoms. The quantitative estimate of drug-likeness (QED) is 0.610. The van der Waals surface area contributed by atoms with E-state index in [0.717, 1.165) is 0 Å². The molecule has 6 heteroatoms. The molecule has 0 spiro atoms. The standard InChI is InChI=1S/C9H16N4O2/c1-6(2)7(3)11-9-8(13(14)15)10-5-12(9)4/h5-7,11H,1-4H3. The van der Waals surface area contributed by atoms with Crippen molar-refractivity contribution in [3.8, 4) is 0 Å². The van der Waals surface area contributed by atoms with Crippen molar-refractivity contribution >= 4 is 11.6 Å². The SMILES string of the molecule is CC(C)C(C)Nc1c([N+](=O)[O-])ncn1C. The van der Waals surface area contributed by atoms with Crippen molar-refractivity contribution < 1.29 is 4.92 Å². The number of nitrogens with one attached hydrogen (secondary N) is 1. The highest BCUT2D eigenvalue weighted by molar-refractivity contribution is 5.52. The van der Waals surface area contributed by atoms with Gasteiger partial charge in [-0.15, -0.1) is 0 Å². The first-order valence-electron chi connectivity index (χ1n) is 4.85. The number of nitro groups is 1. The minimum Gasteiger partial charge on any atom is -0.362 e. The van der Waals surface area contributed by atoms with Gasteiger partial charge in [0.1, 0.15) is 0 Å². The van der Waals surface area contributed by atoms with Crippen molar-refractivity contribution in [2.24, 2.45) is 13.0 Å². The summed E-state index contributed by atoms with van der Waals surface area (Å²) in [5, 5.41) is 13.8. The first-order chi connectivity index (χ1) is 6.93. The van der Waals surface area contributed by atoms with Crippen molar-refractivity contribution in [1.29, 1.82) is 0 Å². The van der Waals surface area contributed by atoms with Crippen LogP contribution in [0.25, 0.3) is 0 Å². The fourth-order valence-corrected chi connectivity index (χ4v) is 1.10. The van der Waals surface area contributed by atoms with Gasteiger partial charge in [-0.25, -0.2) is 0 Å². The maximum Gasteiger partial charge on any atom is 0.406 e. The molecule has 0 radical (unpaired) electrons. The molecule has 6 nitrogen and oxygen atoms in total. The second kappa shape index (κ2) is 4.29. The van der Waals surface area contributed by atoms with Gasteiger partial charge in [0.2, 0.25) is 12.1 Å². The predicted octanol–water partition coefficient (Wildman–Crippen LogP) is 1.78. The molecule has 0 saturated heterocycles. The molecule has 0 amide bonds. The highest BCUT2D eigenvalue weighted by atomic mass is 16.6. The van der Waals surface area contributed by atoms with Gasteiger partial charge in [0.25, 0.3) is 0 Å². The predicted molar refractivity (Wildman–Crippen MR) is 57.8 cm³/mol. The molecule has 0 aliphatic heterocycles. The van der Waals surface area contributed by atoms with Gasteiger partial charge in [0.15, 0.2) is 0 Å². The average molecular weight is 212 g/mol. The zero-order valence-electron chi connectivity index (χ0n) is 9.39. The Morgan fingerprint density at radius 2 is 2.13 bits per heavy atom. The van der Waals surface area contributed by atoms with Gasteiger partial charge in [-0.05, 0) is 22.7 Å². The van der Waals surface area contributed by atoms with E-state index in [9.17, 15) is 10.1 Å². The summed E-state index contributed by atoms with van der Waals surface area (Å²) in [6, 6.07) is 0.166. The number of hydrogen-bond acceptors (Lipinski definition) is 4. The summed E-state index contributed by atoms with van der Waals surface area (Å²) in [6.45, 7) is 6.10. The van der Waals surface area contributed by atoms with Crippen LogP contribution >= 0.6 is 0 Å². The largest absolute Gasteiger partial charge is 0.406 e. The zero-order valence-corrected chi connectivity index (χ0v) is 9.39. The molecule has 0 saturated carbocycles. The van der Waals surface area contributed by atoms with Crippen LogP contribution in [0, 0.1) is 16.0 Å².